The number of aromatic nitrogens is 2. The summed E-state index contributed by atoms with van der Waals surface area (Å²) in [6, 6.07) is 1.87. The quantitative estimate of drug-likeness (QED) is 0.775. The molecule has 0 saturated carbocycles. The van der Waals surface area contributed by atoms with Gasteiger partial charge in [-0.1, -0.05) is 15.9 Å². The van der Waals surface area contributed by atoms with E-state index in [0.29, 0.717) is 11.8 Å². The van der Waals surface area contributed by atoms with E-state index < -0.39 is 0 Å². The van der Waals surface area contributed by atoms with Gasteiger partial charge in [0.05, 0.1) is 17.8 Å². The number of ether oxygens (including phenoxy) is 2. The maximum Gasteiger partial charge on any atom is 0.229 e. The molecule has 1 aromatic heterocycles. The molecule has 0 aromatic carbocycles. The Hall–Kier alpha value is -0.880. The lowest BCUT2D eigenvalue weighted by Gasteiger charge is -2.42. The fourth-order valence-corrected chi connectivity index (χ4v) is 2.83. The van der Waals surface area contributed by atoms with Gasteiger partial charge in [-0.2, -0.15) is 4.98 Å². The van der Waals surface area contributed by atoms with Crippen LogP contribution in [0, 0.1) is 6.92 Å². The molecular formula is C15H24BrN3O2. The third kappa shape index (κ3) is 4.54. The number of nitrogens with zero attached hydrogens (tertiary/aromatic N) is 3. The van der Waals surface area contributed by atoms with Gasteiger partial charge in [0, 0.05) is 30.2 Å². The summed E-state index contributed by atoms with van der Waals surface area (Å²) in [6.07, 6.45) is 0.232. The maximum atomic E-state index is 6.02. The second-order valence-corrected chi connectivity index (χ2v) is 7.00. The molecule has 0 N–H and O–H groups in total. The number of halogens is 1. The van der Waals surface area contributed by atoms with Crippen LogP contribution in [0.4, 0.5) is 5.95 Å². The normalized spacial score (nSPS) is 21.7. The van der Waals surface area contributed by atoms with Crippen molar-refractivity contribution in [3.05, 3.63) is 11.8 Å². The lowest BCUT2D eigenvalue weighted by atomic mass is 10.1. The van der Waals surface area contributed by atoms with Crippen LogP contribution in [0.3, 0.4) is 0 Å². The van der Waals surface area contributed by atoms with Crippen molar-refractivity contribution in [2.24, 2.45) is 0 Å². The zero-order valence-corrected chi connectivity index (χ0v) is 15.0. The fourth-order valence-electron chi connectivity index (χ4n) is 2.50. The molecule has 2 heterocycles. The van der Waals surface area contributed by atoms with Gasteiger partial charge in [0.15, 0.2) is 0 Å². The average Bonchev–Trinajstić information content (AvgIpc) is 2.35. The molecule has 0 aliphatic carbocycles. The molecular weight excluding hydrogens is 334 g/mol. The molecule has 1 aromatic rings. The Labute approximate surface area is 135 Å². The third-order valence-electron chi connectivity index (χ3n) is 3.11. The molecule has 1 unspecified atom stereocenters. The maximum absolute atomic E-state index is 6.02. The third-order valence-corrected chi connectivity index (χ3v) is 3.83. The largest absolute Gasteiger partial charge is 0.475 e. The van der Waals surface area contributed by atoms with Gasteiger partial charge in [0.2, 0.25) is 11.8 Å². The second kappa shape index (κ2) is 6.48. The summed E-state index contributed by atoms with van der Waals surface area (Å²) in [5, 5.41) is 0.800. The van der Waals surface area contributed by atoms with Gasteiger partial charge in [0.25, 0.3) is 0 Å². The Morgan fingerprint density at radius 1 is 1.48 bits per heavy atom. The van der Waals surface area contributed by atoms with Gasteiger partial charge in [0.1, 0.15) is 0 Å². The first-order valence-corrected chi connectivity index (χ1v) is 8.42. The Bertz CT molecular complexity index is 494. The number of hydrogen-bond donors (Lipinski definition) is 0. The monoisotopic (exact) mass is 357 g/mol. The number of aryl methyl sites for hydroxylation is 1. The molecule has 5 nitrogen and oxygen atoms in total. The first-order valence-electron chi connectivity index (χ1n) is 7.30. The van der Waals surface area contributed by atoms with Crippen LogP contribution in [-0.2, 0) is 4.74 Å². The van der Waals surface area contributed by atoms with Crippen LogP contribution in [0.1, 0.15) is 33.4 Å². The van der Waals surface area contributed by atoms with Crippen molar-refractivity contribution < 1.29 is 9.47 Å². The summed E-state index contributed by atoms with van der Waals surface area (Å²) < 4.78 is 11.7. The Morgan fingerprint density at radius 3 is 2.81 bits per heavy atom. The number of alkyl halides is 1. The summed E-state index contributed by atoms with van der Waals surface area (Å²) >= 11 is 3.51. The van der Waals surface area contributed by atoms with Crippen molar-refractivity contribution >= 4 is 21.9 Å². The molecule has 0 spiro atoms. The van der Waals surface area contributed by atoms with Crippen LogP contribution >= 0.6 is 15.9 Å². The first kappa shape index (κ1) is 16.5. The molecule has 1 aliphatic heterocycles. The Balaban J connectivity index is 2.25. The van der Waals surface area contributed by atoms with Gasteiger partial charge >= 0.3 is 0 Å². The zero-order valence-electron chi connectivity index (χ0n) is 13.4. The molecule has 2 rings (SSSR count). The molecule has 0 amide bonds. The summed E-state index contributed by atoms with van der Waals surface area (Å²) in [5.74, 6) is 1.35. The van der Waals surface area contributed by atoms with Gasteiger partial charge in [-0.3, -0.25) is 0 Å². The average molecular weight is 358 g/mol. The van der Waals surface area contributed by atoms with E-state index in [-0.39, 0.29) is 17.8 Å². The zero-order chi connectivity index (χ0) is 15.6. The van der Waals surface area contributed by atoms with Crippen molar-refractivity contribution in [1.29, 1.82) is 0 Å². The van der Waals surface area contributed by atoms with E-state index in [2.05, 4.69) is 44.6 Å². The van der Waals surface area contributed by atoms with E-state index in [1.54, 1.807) is 0 Å². The summed E-state index contributed by atoms with van der Waals surface area (Å²) in [6.45, 7) is 11.7. The topological polar surface area (TPSA) is 47.5 Å². The first-order chi connectivity index (χ1) is 9.79. The van der Waals surface area contributed by atoms with E-state index in [4.69, 9.17) is 9.47 Å². The summed E-state index contributed by atoms with van der Waals surface area (Å²) in [7, 11) is 0. The molecule has 1 fully saturated rings. The van der Waals surface area contributed by atoms with Crippen molar-refractivity contribution in [3.8, 4) is 5.88 Å². The highest BCUT2D eigenvalue weighted by Crippen LogP contribution is 2.26. The van der Waals surface area contributed by atoms with Crippen LogP contribution < -0.4 is 9.64 Å². The van der Waals surface area contributed by atoms with Gasteiger partial charge in [-0.15, -0.1) is 0 Å². The van der Waals surface area contributed by atoms with Crippen LogP contribution in [0.2, 0.25) is 0 Å². The minimum atomic E-state index is -0.219. The molecule has 1 saturated heterocycles. The highest BCUT2D eigenvalue weighted by atomic mass is 79.9. The number of hydrogen-bond acceptors (Lipinski definition) is 5. The number of anilines is 1. The van der Waals surface area contributed by atoms with Crippen LogP contribution in [0.25, 0.3) is 0 Å². The number of morpholine rings is 1. The fraction of sp³-hybridized carbons (Fsp3) is 0.733. The second-order valence-electron chi connectivity index (χ2n) is 6.35. The highest BCUT2D eigenvalue weighted by Gasteiger charge is 2.34. The van der Waals surface area contributed by atoms with Crippen LogP contribution in [0.5, 0.6) is 5.88 Å². The smallest absolute Gasteiger partial charge is 0.229 e. The minimum absolute atomic E-state index is 0.101. The lowest BCUT2D eigenvalue weighted by molar-refractivity contribution is -0.0728. The summed E-state index contributed by atoms with van der Waals surface area (Å²) in [5.41, 5.74) is 0.693. The Kier molecular flexibility index (Phi) is 5.09. The van der Waals surface area contributed by atoms with E-state index in [0.717, 1.165) is 24.1 Å². The van der Waals surface area contributed by atoms with E-state index in [9.17, 15) is 0 Å². The van der Waals surface area contributed by atoms with Gasteiger partial charge in [-0.05, 0) is 34.6 Å². The molecule has 118 valence electrons. The Morgan fingerprint density at radius 2 is 2.19 bits per heavy atom. The van der Waals surface area contributed by atoms with Gasteiger partial charge in [-0.25, -0.2) is 4.98 Å². The molecule has 0 bridgehead atoms. The summed E-state index contributed by atoms with van der Waals surface area (Å²) in [4.78, 5) is 11.3. The highest BCUT2D eigenvalue weighted by molar-refractivity contribution is 9.09. The van der Waals surface area contributed by atoms with E-state index in [1.165, 1.54) is 0 Å². The van der Waals surface area contributed by atoms with Crippen LogP contribution in [0.15, 0.2) is 6.07 Å². The van der Waals surface area contributed by atoms with Crippen molar-refractivity contribution in [3.63, 3.8) is 0 Å². The molecule has 1 atom stereocenters. The standard InChI is InChI=1S/C15H24BrN3O2/c1-10(2)20-13-6-11(3)17-14(18-13)19-8-12(7-16)21-15(4,5)9-19/h6,10,12H,7-9H2,1-5H3. The number of rotatable bonds is 4. The SMILES string of the molecule is Cc1cc(OC(C)C)nc(N2CC(CBr)OC(C)(C)C2)n1. The molecule has 1 aliphatic rings. The molecule has 6 heteroatoms. The van der Waals surface area contributed by atoms with Crippen molar-refractivity contribution in [2.45, 2.75) is 52.4 Å². The predicted octanol–water partition coefficient (Wildman–Crippen LogP) is 2.95. The van der Waals surface area contributed by atoms with Crippen molar-refractivity contribution in [2.75, 3.05) is 23.3 Å². The van der Waals surface area contributed by atoms with E-state index >= 15 is 0 Å². The lowest BCUT2D eigenvalue weighted by Crippen LogP contribution is -2.54. The van der Waals surface area contributed by atoms with Gasteiger partial charge < -0.3 is 14.4 Å². The van der Waals surface area contributed by atoms with E-state index in [1.807, 2.05) is 26.8 Å². The predicted molar refractivity (Wildman–Crippen MR) is 87.5 cm³/mol. The van der Waals surface area contributed by atoms with Crippen LogP contribution in [-0.4, -0.2) is 46.2 Å². The van der Waals surface area contributed by atoms with Crippen molar-refractivity contribution in [1.82, 2.24) is 9.97 Å². The molecule has 0 radical (unpaired) electrons. The minimum Gasteiger partial charge on any atom is -0.475 e. The molecule has 21 heavy (non-hydrogen) atoms.